The van der Waals surface area contributed by atoms with Crippen molar-refractivity contribution in [3.05, 3.63) is 29.3 Å². The van der Waals surface area contributed by atoms with E-state index in [2.05, 4.69) is 10.6 Å². The maximum Gasteiger partial charge on any atom is 0.248 e. The molecule has 6 nitrogen and oxygen atoms in total. The molecule has 4 N–H and O–H groups in total. The van der Waals surface area contributed by atoms with Gasteiger partial charge >= 0.3 is 0 Å². The molecule has 1 atom stereocenters. The van der Waals surface area contributed by atoms with Gasteiger partial charge in [0.15, 0.2) is 0 Å². The summed E-state index contributed by atoms with van der Waals surface area (Å²) in [6.07, 6.45) is 0.924. The second-order valence-corrected chi connectivity index (χ2v) is 4.92. The van der Waals surface area contributed by atoms with Crippen LogP contribution in [0, 0.1) is 12.8 Å². The zero-order valence-corrected chi connectivity index (χ0v) is 11.2. The molecule has 0 spiro atoms. The van der Waals surface area contributed by atoms with Crippen molar-refractivity contribution in [3.63, 3.8) is 0 Å². The highest BCUT2D eigenvalue weighted by Crippen LogP contribution is 2.19. The summed E-state index contributed by atoms with van der Waals surface area (Å²) in [6, 6.07) is 4.88. The van der Waals surface area contributed by atoms with Gasteiger partial charge in [-0.25, -0.2) is 0 Å². The number of hydrogen-bond acceptors (Lipinski definition) is 3. The third-order valence-electron chi connectivity index (χ3n) is 3.41. The number of primary amides is 1. The molecule has 0 saturated carbocycles. The number of anilines is 1. The Labute approximate surface area is 116 Å². The van der Waals surface area contributed by atoms with E-state index in [1.54, 1.807) is 25.1 Å². The zero-order chi connectivity index (χ0) is 14.7. The van der Waals surface area contributed by atoms with E-state index in [4.69, 9.17) is 5.73 Å². The first-order valence-corrected chi connectivity index (χ1v) is 6.45. The molecule has 1 aromatic carbocycles. The molecule has 3 amide bonds. The van der Waals surface area contributed by atoms with Crippen LogP contribution in [-0.4, -0.2) is 24.3 Å². The lowest BCUT2D eigenvalue weighted by molar-refractivity contribution is -0.126. The Balaban J connectivity index is 2.04. The van der Waals surface area contributed by atoms with Crippen LogP contribution in [0.4, 0.5) is 5.69 Å². The van der Waals surface area contributed by atoms with Crippen LogP contribution in [0.15, 0.2) is 18.2 Å². The Morgan fingerprint density at radius 2 is 2.15 bits per heavy atom. The second-order valence-electron chi connectivity index (χ2n) is 4.92. The molecule has 1 aliphatic rings. The van der Waals surface area contributed by atoms with Crippen LogP contribution in [0.1, 0.15) is 28.8 Å². The second kappa shape index (κ2) is 5.73. The Morgan fingerprint density at radius 3 is 2.70 bits per heavy atom. The fourth-order valence-corrected chi connectivity index (χ4v) is 2.15. The Kier molecular flexibility index (Phi) is 4.02. The van der Waals surface area contributed by atoms with Crippen LogP contribution >= 0.6 is 0 Å². The van der Waals surface area contributed by atoms with Crippen LogP contribution < -0.4 is 16.4 Å². The molecule has 0 radical (unpaired) electrons. The lowest BCUT2D eigenvalue weighted by atomic mass is 9.98. The molecule has 1 aliphatic heterocycles. The van der Waals surface area contributed by atoms with E-state index in [9.17, 15) is 14.4 Å². The van der Waals surface area contributed by atoms with Crippen LogP contribution in [0.25, 0.3) is 0 Å². The Bertz CT molecular complexity index is 559. The van der Waals surface area contributed by atoms with E-state index >= 15 is 0 Å². The minimum Gasteiger partial charge on any atom is -0.366 e. The number of piperidine rings is 1. The SMILES string of the molecule is Cc1cc(C(N)=O)ccc1NC(=O)C1CCC(=O)NC1. The van der Waals surface area contributed by atoms with Crippen molar-refractivity contribution in [3.8, 4) is 0 Å². The van der Waals surface area contributed by atoms with Gasteiger partial charge in [0.2, 0.25) is 17.7 Å². The summed E-state index contributed by atoms with van der Waals surface area (Å²) >= 11 is 0. The average molecular weight is 275 g/mol. The van der Waals surface area contributed by atoms with Crippen molar-refractivity contribution >= 4 is 23.4 Å². The third kappa shape index (κ3) is 3.14. The maximum atomic E-state index is 12.1. The molecule has 0 aromatic heterocycles. The number of benzene rings is 1. The smallest absolute Gasteiger partial charge is 0.248 e. The minimum atomic E-state index is -0.499. The Hall–Kier alpha value is -2.37. The summed E-state index contributed by atoms with van der Waals surface area (Å²) in [6.45, 7) is 2.16. The lowest BCUT2D eigenvalue weighted by Crippen LogP contribution is -2.40. The summed E-state index contributed by atoms with van der Waals surface area (Å²) < 4.78 is 0. The first kappa shape index (κ1) is 14.0. The molecule has 2 rings (SSSR count). The van der Waals surface area contributed by atoms with E-state index in [1.165, 1.54) is 0 Å². The van der Waals surface area contributed by atoms with Crippen molar-refractivity contribution in [2.45, 2.75) is 19.8 Å². The maximum absolute atomic E-state index is 12.1. The normalized spacial score (nSPS) is 18.2. The molecule has 1 heterocycles. The van der Waals surface area contributed by atoms with Gasteiger partial charge in [-0.3, -0.25) is 14.4 Å². The number of nitrogens with two attached hydrogens (primary N) is 1. The lowest BCUT2D eigenvalue weighted by Gasteiger charge is -2.22. The van der Waals surface area contributed by atoms with E-state index in [1.807, 2.05) is 0 Å². The van der Waals surface area contributed by atoms with Crippen LogP contribution in [-0.2, 0) is 9.59 Å². The molecule has 1 saturated heterocycles. The van der Waals surface area contributed by atoms with Gasteiger partial charge < -0.3 is 16.4 Å². The highest BCUT2D eigenvalue weighted by molar-refractivity contribution is 5.97. The number of nitrogens with one attached hydrogen (secondary N) is 2. The molecule has 20 heavy (non-hydrogen) atoms. The highest BCUT2D eigenvalue weighted by atomic mass is 16.2. The molecule has 1 fully saturated rings. The van der Waals surface area contributed by atoms with Gasteiger partial charge in [-0.05, 0) is 37.1 Å². The van der Waals surface area contributed by atoms with Crippen molar-refractivity contribution < 1.29 is 14.4 Å². The number of carbonyl (C=O) groups excluding carboxylic acids is 3. The standard InChI is InChI=1S/C14H17N3O3/c1-8-6-9(13(15)19)2-4-11(8)17-14(20)10-3-5-12(18)16-7-10/h2,4,6,10H,3,5,7H2,1H3,(H2,15,19)(H,16,18)(H,17,20). The largest absolute Gasteiger partial charge is 0.366 e. The van der Waals surface area contributed by atoms with Crippen molar-refractivity contribution in [2.24, 2.45) is 11.7 Å². The molecule has 106 valence electrons. The van der Waals surface area contributed by atoms with Gasteiger partial charge in [0.25, 0.3) is 0 Å². The topological polar surface area (TPSA) is 101 Å². The monoisotopic (exact) mass is 275 g/mol. The first-order chi connectivity index (χ1) is 9.47. The molecule has 6 heteroatoms. The number of carbonyl (C=O) groups is 3. The number of aryl methyl sites for hydroxylation is 1. The average Bonchev–Trinajstić information content (AvgIpc) is 2.41. The molecule has 0 aliphatic carbocycles. The van der Waals surface area contributed by atoms with Crippen LogP contribution in [0.2, 0.25) is 0 Å². The van der Waals surface area contributed by atoms with Gasteiger partial charge in [-0.2, -0.15) is 0 Å². The summed E-state index contributed by atoms with van der Waals surface area (Å²) in [5.41, 5.74) is 7.03. The van der Waals surface area contributed by atoms with Gasteiger partial charge in [0.05, 0.1) is 5.92 Å². The van der Waals surface area contributed by atoms with Gasteiger partial charge in [-0.1, -0.05) is 0 Å². The zero-order valence-electron chi connectivity index (χ0n) is 11.2. The summed E-state index contributed by atoms with van der Waals surface area (Å²) in [4.78, 5) is 34.2. The van der Waals surface area contributed by atoms with E-state index in [0.717, 1.165) is 5.56 Å². The third-order valence-corrected chi connectivity index (χ3v) is 3.41. The molecule has 0 bridgehead atoms. The van der Waals surface area contributed by atoms with E-state index in [0.29, 0.717) is 30.6 Å². The molecular weight excluding hydrogens is 258 g/mol. The Morgan fingerprint density at radius 1 is 1.40 bits per heavy atom. The van der Waals surface area contributed by atoms with Gasteiger partial charge in [0.1, 0.15) is 0 Å². The summed E-state index contributed by atoms with van der Waals surface area (Å²) in [5.74, 6) is -0.861. The van der Waals surface area contributed by atoms with Gasteiger partial charge in [-0.15, -0.1) is 0 Å². The predicted octanol–water partition coefficient (Wildman–Crippen LogP) is 0.559. The van der Waals surface area contributed by atoms with Crippen molar-refractivity contribution in [1.29, 1.82) is 0 Å². The quantitative estimate of drug-likeness (QED) is 0.751. The highest BCUT2D eigenvalue weighted by Gasteiger charge is 2.24. The first-order valence-electron chi connectivity index (χ1n) is 6.45. The van der Waals surface area contributed by atoms with Crippen molar-refractivity contribution in [1.82, 2.24) is 5.32 Å². The fraction of sp³-hybridized carbons (Fsp3) is 0.357. The van der Waals surface area contributed by atoms with Gasteiger partial charge in [0, 0.05) is 24.2 Å². The molecule has 1 unspecified atom stereocenters. The van der Waals surface area contributed by atoms with Crippen LogP contribution in [0.5, 0.6) is 0 Å². The predicted molar refractivity (Wildman–Crippen MR) is 74.1 cm³/mol. The van der Waals surface area contributed by atoms with Crippen molar-refractivity contribution in [2.75, 3.05) is 11.9 Å². The molecule has 1 aromatic rings. The number of amides is 3. The minimum absolute atomic E-state index is 0.0176. The number of rotatable bonds is 3. The molecular formula is C14H17N3O3. The fourth-order valence-electron chi connectivity index (χ4n) is 2.15. The van der Waals surface area contributed by atoms with E-state index in [-0.39, 0.29) is 17.7 Å². The van der Waals surface area contributed by atoms with E-state index < -0.39 is 5.91 Å². The summed E-state index contributed by atoms with van der Waals surface area (Å²) in [5, 5.41) is 5.50. The van der Waals surface area contributed by atoms with Crippen LogP contribution in [0.3, 0.4) is 0 Å². The number of hydrogen-bond donors (Lipinski definition) is 3. The summed E-state index contributed by atoms with van der Waals surface area (Å²) in [7, 11) is 0.